The third-order valence-electron chi connectivity index (χ3n) is 1.59. The summed E-state index contributed by atoms with van der Waals surface area (Å²) in [6, 6.07) is 1.28. The number of hydrogen-bond donors (Lipinski definition) is 0. The zero-order valence-electron chi connectivity index (χ0n) is 6.97. The summed E-state index contributed by atoms with van der Waals surface area (Å²) in [6.45, 7) is 0. The Labute approximate surface area is 87.1 Å². The molecule has 1 heterocycles. The van der Waals surface area contributed by atoms with Crippen LogP contribution in [0.2, 0.25) is 0 Å². The van der Waals surface area contributed by atoms with E-state index in [0.717, 1.165) is 0 Å². The molecular weight excluding hydrogens is 233 g/mol. The van der Waals surface area contributed by atoms with E-state index in [1.54, 1.807) is 0 Å². The van der Waals surface area contributed by atoms with E-state index in [9.17, 15) is 18.0 Å². The van der Waals surface area contributed by atoms with Gasteiger partial charge in [0.05, 0.1) is 17.3 Å². The van der Waals surface area contributed by atoms with Crippen molar-refractivity contribution in [1.29, 1.82) is 5.26 Å². The van der Waals surface area contributed by atoms with Gasteiger partial charge in [-0.1, -0.05) is 0 Å². The van der Waals surface area contributed by atoms with Crippen LogP contribution in [0.1, 0.15) is 28.0 Å². The second-order valence-corrected chi connectivity index (χ2v) is 2.77. The lowest BCUT2D eigenvalue weighted by Crippen LogP contribution is -2.06. The van der Waals surface area contributed by atoms with Crippen LogP contribution in [-0.4, -0.2) is 10.2 Å². The first-order valence-corrected chi connectivity index (χ1v) is 3.93. The lowest BCUT2D eigenvalue weighted by Gasteiger charge is -2.05. The summed E-state index contributed by atoms with van der Waals surface area (Å²) >= 11 is 5.00. The fourth-order valence-electron chi connectivity index (χ4n) is 0.978. The van der Waals surface area contributed by atoms with Crippen LogP contribution in [0.4, 0.5) is 13.2 Å². The monoisotopic (exact) mass is 234 g/mol. The predicted octanol–water partition coefficient (Wildman–Crippen LogP) is 2.41. The Balaban J connectivity index is 3.56. The summed E-state index contributed by atoms with van der Waals surface area (Å²) in [5.41, 5.74) is -2.66. The van der Waals surface area contributed by atoms with Gasteiger partial charge in [0.2, 0.25) is 0 Å². The highest BCUT2D eigenvalue weighted by Crippen LogP contribution is 2.27. The molecule has 0 saturated carbocycles. The van der Waals surface area contributed by atoms with Gasteiger partial charge in [0.25, 0.3) is 11.7 Å². The number of carbonyl (C=O) groups excluding carboxylic acids is 1. The number of nitriles is 1. The Kier molecular flexibility index (Phi) is 3.27. The molecule has 0 unspecified atom stereocenters. The van der Waals surface area contributed by atoms with E-state index in [-0.39, 0.29) is 0 Å². The molecule has 3 nitrogen and oxygen atoms in total. The van der Waals surface area contributed by atoms with Crippen LogP contribution in [0, 0.1) is 17.1 Å². The highest BCUT2D eigenvalue weighted by atomic mass is 35.5. The SMILES string of the molecule is N#Cc1c(C(=O)Cl)ncc(F)c1C(F)F. The maximum absolute atomic E-state index is 12.9. The molecule has 0 bridgehead atoms. The van der Waals surface area contributed by atoms with E-state index in [2.05, 4.69) is 4.98 Å². The van der Waals surface area contributed by atoms with E-state index in [1.807, 2.05) is 0 Å². The van der Waals surface area contributed by atoms with Crippen LogP contribution in [0.15, 0.2) is 6.20 Å². The molecule has 78 valence electrons. The van der Waals surface area contributed by atoms with Gasteiger partial charge in [-0.05, 0) is 11.6 Å². The smallest absolute Gasteiger partial charge is 0.272 e. The van der Waals surface area contributed by atoms with Crippen molar-refractivity contribution in [3.05, 3.63) is 28.8 Å². The van der Waals surface area contributed by atoms with Crippen molar-refractivity contribution in [3.63, 3.8) is 0 Å². The molecule has 0 amide bonds. The Bertz CT molecular complexity index is 456. The average Bonchev–Trinajstić information content (AvgIpc) is 2.15. The first-order chi connectivity index (χ1) is 6.99. The molecular formula is C8H2ClF3N2O. The van der Waals surface area contributed by atoms with E-state index in [1.165, 1.54) is 6.07 Å². The van der Waals surface area contributed by atoms with Crippen molar-refractivity contribution in [1.82, 2.24) is 4.98 Å². The summed E-state index contributed by atoms with van der Waals surface area (Å²) in [4.78, 5) is 13.9. The number of aromatic nitrogens is 1. The Morgan fingerprint density at radius 2 is 2.20 bits per heavy atom. The number of hydrogen-bond acceptors (Lipinski definition) is 3. The van der Waals surface area contributed by atoms with Crippen LogP contribution < -0.4 is 0 Å². The van der Waals surface area contributed by atoms with Crippen LogP contribution in [0.25, 0.3) is 0 Å². The van der Waals surface area contributed by atoms with Gasteiger partial charge in [-0.15, -0.1) is 0 Å². The average molecular weight is 235 g/mol. The highest BCUT2D eigenvalue weighted by molar-refractivity contribution is 6.67. The molecule has 0 aliphatic rings. The minimum Gasteiger partial charge on any atom is -0.274 e. The van der Waals surface area contributed by atoms with Gasteiger partial charge >= 0.3 is 0 Å². The molecule has 0 aliphatic carbocycles. The predicted molar refractivity (Wildman–Crippen MR) is 44.1 cm³/mol. The lowest BCUT2D eigenvalue weighted by molar-refractivity contribution is 0.107. The van der Waals surface area contributed by atoms with Crippen LogP contribution in [0.5, 0.6) is 0 Å². The van der Waals surface area contributed by atoms with Gasteiger partial charge in [0.1, 0.15) is 11.8 Å². The van der Waals surface area contributed by atoms with Gasteiger partial charge in [-0.2, -0.15) is 5.26 Å². The molecule has 0 aliphatic heterocycles. The molecule has 1 aromatic rings. The second kappa shape index (κ2) is 4.28. The molecule has 0 atom stereocenters. The topological polar surface area (TPSA) is 53.8 Å². The van der Waals surface area contributed by atoms with Gasteiger partial charge in [0.15, 0.2) is 5.82 Å². The van der Waals surface area contributed by atoms with Gasteiger partial charge < -0.3 is 0 Å². The van der Waals surface area contributed by atoms with Gasteiger partial charge in [0, 0.05) is 0 Å². The Morgan fingerprint density at radius 3 is 2.60 bits per heavy atom. The molecule has 0 radical (unpaired) electrons. The van der Waals surface area contributed by atoms with Crippen molar-refractivity contribution in [2.75, 3.05) is 0 Å². The van der Waals surface area contributed by atoms with Crippen LogP contribution in [0.3, 0.4) is 0 Å². The van der Waals surface area contributed by atoms with E-state index < -0.39 is 34.3 Å². The summed E-state index contributed by atoms with van der Waals surface area (Å²) < 4.78 is 37.6. The molecule has 1 aromatic heterocycles. The summed E-state index contributed by atoms with van der Waals surface area (Å²) in [5.74, 6) is -1.34. The molecule has 1 rings (SSSR count). The number of alkyl halides is 2. The fraction of sp³-hybridized carbons (Fsp3) is 0.125. The number of rotatable bonds is 2. The highest BCUT2D eigenvalue weighted by Gasteiger charge is 2.24. The van der Waals surface area contributed by atoms with E-state index >= 15 is 0 Å². The van der Waals surface area contributed by atoms with E-state index in [4.69, 9.17) is 16.9 Å². The number of pyridine rings is 1. The second-order valence-electron chi connectivity index (χ2n) is 2.43. The molecule has 0 aromatic carbocycles. The third kappa shape index (κ3) is 2.07. The van der Waals surface area contributed by atoms with Crippen molar-refractivity contribution in [3.8, 4) is 6.07 Å². The maximum atomic E-state index is 12.9. The largest absolute Gasteiger partial charge is 0.274 e. The molecule has 0 saturated heterocycles. The van der Waals surface area contributed by atoms with Crippen LogP contribution >= 0.6 is 11.6 Å². The molecule has 0 fully saturated rings. The molecule has 15 heavy (non-hydrogen) atoms. The quantitative estimate of drug-likeness (QED) is 0.739. The summed E-state index contributed by atoms with van der Waals surface area (Å²) in [7, 11) is 0. The maximum Gasteiger partial charge on any atom is 0.272 e. The van der Waals surface area contributed by atoms with Crippen molar-refractivity contribution in [2.24, 2.45) is 0 Å². The van der Waals surface area contributed by atoms with Crippen molar-refractivity contribution < 1.29 is 18.0 Å². The molecule has 0 N–H and O–H groups in total. The standard InChI is InChI=1S/C8H2ClF3N2O/c9-7(15)6-3(1-13)5(8(11)12)4(10)2-14-6/h2,8H. The summed E-state index contributed by atoms with van der Waals surface area (Å²) in [6.07, 6.45) is -2.78. The fourth-order valence-corrected chi connectivity index (χ4v) is 1.12. The molecule has 0 spiro atoms. The Hall–Kier alpha value is -1.61. The first kappa shape index (κ1) is 11.5. The third-order valence-corrected chi connectivity index (χ3v) is 1.77. The normalized spacial score (nSPS) is 10.1. The van der Waals surface area contributed by atoms with Gasteiger partial charge in [-0.25, -0.2) is 18.2 Å². The van der Waals surface area contributed by atoms with Crippen molar-refractivity contribution in [2.45, 2.75) is 6.43 Å². The lowest BCUT2D eigenvalue weighted by atomic mass is 10.1. The first-order valence-electron chi connectivity index (χ1n) is 3.55. The zero-order valence-corrected chi connectivity index (χ0v) is 7.73. The summed E-state index contributed by atoms with van der Waals surface area (Å²) in [5, 5.41) is 7.33. The molecule has 7 heteroatoms. The number of carbonyl (C=O) groups is 1. The van der Waals surface area contributed by atoms with Gasteiger partial charge in [-0.3, -0.25) is 4.79 Å². The minimum atomic E-state index is -3.21. The number of halogens is 4. The van der Waals surface area contributed by atoms with E-state index in [0.29, 0.717) is 6.20 Å². The Morgan fingerprint density at radius 1 is 1.60 bits per heavy atom. The van der Waals surface area contributed by atoms with Crippen LogP contribution in [-0.2, 0) is 0 Å². The van der Waals surface area contributed by atoms with Crippen molar-refractivity contribution >= 4 is 16.8 Å². The number of nitrogens with zero attached hydrogens (tertiary/aromatic N) is 2. The minimum absolute atomic E-state index is 0.429. The zero-order chi connectivity index (χ0) is 11.6.